The third-order valence-electron chi connectivity index (χ3n) is 5.75. The van der Waals surface area contributed by atoms with Crippen molar-refractivity contribution in [3.05, 3.63) is 46.9 Å². The Morgan fingerprint density at radius 2 is 1.97 bits per heavy atom. The molecule has 0 saturated carbocycles. The van der Waals surface area contributed by atoms with Gasteiger partial charge >= 0.3 is 18.0 Å². The Morgan fingerprint density at radius 3 is 2.66 bits per heavy atom. The molecule has 0 spiro atoms. The molecule has 1 N–H and O–H groups in total. The number of esters is 2. The molecule has 1 fully saturated rings. The van der Waals surface area contributed by atoms with Crippen molar-refractivity contribution in [3.8, 4) is 0 Å². The number of urea groups is 1. The molecular weight excluding hydrogens is 417 g/mol. The zero-order valence-electron chi connectivity index (χ0n) is 18.7. The summed E-state index contributed by atoms with van der Waals surface area (Å²) < 4.78 is 24.4. The maximum absolute atomic E-state index is 13.9. The van der Waals surface area contributed by atoms with Gasteiger partial charge in [0.1, 0.15) is 5.82 Å². The Hall–Kier alpha value is -2.94. The molecule has 9 heteroatoms. The van der Waals surface area contributed by atoms with E-state index in [4.69, 9.17) is 9.47 Å². The Kier molecular flexibility index (Phi) is 7.84. The minimum atomic E-state index is -0.839. The number of ether oxygens (including phenoxy) is 2. The molecule has 1 aromatic carbocycles. The molecule has 174 valence electrons. The van der Waals surface area contributed by atoms with Crippen LogP contribution in [-0.4, -0.2) is 67.7 Å². The number of amides is 2. The molecule has 2 amide bonds. The predicted molar refractivity (Wildman–Crippen MR) is 115 cm³/mol. The van der Waals surface area contributed by atoms with E-state index in [-0.39, 0.29) is 30.6 Å². The lowest BCUT2D eigenvalue weighted by molar-refractivity contribution is -0.150. The molecule has 0 aromatic heterocycles. The number of nitrogens with zero attached hydrogens (tertiary/aromatic N) is 2. The molecule has 2 aliphatic heterocycles. The topological polar surface area (TPSA) is 88.2 Å². The summed E-state index contributed by atoms with van der Waals surface area (Å²) in [6.45, 7) is 5.43. The third-order valence-corrected chi connectivity index (χ3v) is 5.75. The van der Waals surface area contributed by atoms with Crippen molar-refractivity contribution >= 4 is 18.0 Å². The number of carbonyl (C=O) groups excluding carboxylic acids is 3. The maximum Gasteiger partial charge on any atom is 0.338 e. The monoisotopic (exact) mass is 447 g/mol. The lowest BCUT2D eigenvalue weighted by atomic mass is 9.93. The number of benzene rings is 1. The van der Waals surface area contributed by atoms with Gasteiger partial charge in [-0.05, 0) is 50.9 Å². The molecule has 0 bridgehead atoms. The molecule has 32 heavy (non-hydrogen) atoms. The summed E-state index contributed by atoms with van der Waals surface area (Å²) in [5.41, 5.74) is 1.19. The summed E-state index contributed by atoms with van der Waals surface area (Å²) in [6, 6.07) is 4.55. The van der Waals surface area contributed by atoms with Gasteiger partial charge in [-0.25, -0.2) is 14.0 Å². The molecule has 1 aromatic rings. The molecule has 3 rings (SSSR count). The van der Waals surface area contributed by atoms with E-state index in [9.17, 15) is 18.8 Å². The summed E-state index contributed by atoms with van der Waals surface area (Å²) in [5, 5.41) is 2.78. The molecule has 2 heterocycles. The van der Waals surface area contributed by atoms with Gasteiger partial charge in [0.2, 0.25) is 0 Å². The maximum atomic E-state index is 13.9. The highest BCUT2D eigenvalue weighted by Gasteiger charge is 2.38. The number of nitrogens with one attached hydrogen (secondary N) is 1. The van der Waals surface area contributed by atoms with Crippen LogP contribution < -0.4 is 5.32 Å². The van der Waals surface area contributed by atoms with Crippen LogP contribution in [0.15, 0.2) is 35.5 Å². The Bertz CT molecular complexity index is 903. The van der Waals surface area contributed by atoms with Gasteiger partial charge in [0, 0.05) is 25.8 Å². The lowest BCUT2D eigenvalue weighted by Crippen LogP contribution is -2.50. The van der Waals surface area contributed by atoms with Gasteiger partial charge < -0.3 is 14.8 Å². The highest BCUT2D eigenvalue weighted by Crippen LogP contribution is 2.32. The fraction of sp³-hybridized carbons (Fsp3) is 0.522. The molecule has 0 radical (unpaired) electrons. The minimum absolute atomic E-state index is 0.164. The number of likely N-dealkylation sites (N-methyl/N-ethyl adjacent to an activating group) is 1. The minimum Gasteiger partial charge on any atom is -0.466 e. The van der Waals surface area contributed by atoms with Gasteiger partial charge in [-0.15, -0.1) is 0 Å². The number of rotatable bonds is 7. The van der Waals surface area contributed by atoms with Crippen molar-refractivity contribution in [1.82, 2.24) is 15.1 Å². The van der Waals surface area contributed by atoms with Gasteiger partial charge in [0.05, 0.1) is 30.7 Å². The molecule has 0 unspecified atom stereocenters. The molecule has 2 aliphatic rings. The summed E-state index contributed by atoms with van der Waals surface area (Å²) in [7, 11) is 1.58. The third kappa shape index (κ3) is 5.27. The number of likely N-dealkylation sites (tertiary alicyclic amines) is 1. The molecule has 8 nitrogen and oxygen atoms in total. The fourth-order valence-corrected chi connectivity index (χ4v) is 4.20. The number of hydrogen-bond donors (Lipinski definition) is 1. The number of halogens is 1. The highest BCUT2D eigenvalue weighted by molar-refractivity contribution is 5.95. The molecule has 1 saturated heterocycles. The summed E-state index contributed by atoms with van der Waals surface area (Å²) in [4.78, 5) is 41.4. The predicted octanol–water partition coefficient (Wildman–Crippen LogP) is 2.61. The first-order valence-corrected chi connectivity index (χ1v) is 10.9. The van der Waals surface area contributed by atoms with Gasteiger partial charge in [0.25, 0.3) is 0 Å². The van der Waals surface area contributed by atoms with Crippen LogP contribution in [0.3, 0.4) is 0 Å². The van der Waals surface area contributed by atoms with Gasteiger partial charge in [-0.1, -0.05) is 12.1 Å². The Labute approximate surface area is 187 Å². The number of hydrogen-bond acceptors (Lipinski definition) is 6. The van der Waals surface area contributed by atoms with Crippen LogP contribution >= 0.6 is 0 Å². The molecule has 0 aliphatic carbocycles. The van der Waals surface area contributed by atoms with E-state index >= 15 is 0 Å². The van der Waals surface area contributed by atoms with E-state index in [0.29, 0.717) is 24.4 Å². The van der Waals surface area contributed by atoms with Crippen LogP contribution in [0.5, 0.6) is 0 Å². The van der Waals surface area contributed by atoms with Crippen LogP contribution in [0.2, 0.25) is 0 Å². The van der Waals surface area contributed by atoms with Crippen molar-refractivity contribution in [2.24, 2.45) is 5.92 Å². The van der Waals surface area contributed by atoms with Crippen LogP contribution in [0, 0.1) is 11.7 Å². The molecule has 2 atom stereocenters. The number of carbonyl (C=O) groups is 3. The first-order chi connectivity index (χ1) is 15.3. The summed E-state index contributed by atoms with van der Waals surface area (Å²) in [5.74, 6) is -1.52. The normalized spacial score (nSPS) is 21.9. The average Bonchev–Trinajstić information content (AvgIpc) is 2.77. The summed E-state index contributed by atoms with van der Waals surface area (Å²) in [6.07, 6.45) is 1.54. The first-order valence-electron chi connectivity index (χ1n) is 10.9. The van der Waals surface area contributed by atoms with Crippen LogP contribution in [-0.2, 0) is 19.1 Å². The van der Waals surface area contributed by atoms with Crippen LogP contribution in [0.1, 0.15) is 38.3 Å². The van der Waals surface area contributed by atoms with E-state index in [1.54, 1.807) is 27.0 Å². The number of piperidine rings is 1. The van der Waals surface area contributed by atoms with E-state index < -0.39 is 23.9 Å². The van der Waals surface area contributed by atoms with Crippen molar-refractivity contribution < 1.29 is 28.2 Å². The summed E-state index contributed by atoms with van der Waals surface area (Å²) >= 11 is 0. The van der Waals surface area contributed by atoms with Crippen LogP contribution in [0.4, 0.5) is 9.18 Å². The molecular formula is C23H30FN3O5. The van der Waals surface area contributed by atoms with Gasteiger partial charge in [-0.3, -0.25) is 14.6 Å². The average molecular weight is 448 g/mol. The van der Waals surface area contributed by atoms with Crippen molar-refractivity contribution in [2.45, 2.75) is 32.7 Å². The SMILES string of the molecule is CCOC(=O)C1=C(CN2CCC[C@@H](C(=O)OCC)C2)N(C)C(=O)N[C@H]1c1cccc(F)c1. The van der Waals surface area contributed by atoms with E-state index in [0.717, 1.165) is 19.4 Å². The zero-order valence-corrected chi connectivity index (χ0v) is 18.7. The first kappa shape index (κ1) is 23.7. The fourth-order valence-electron chi connectivity index (χ4n) is 4.20. The standard InChI is InChI=1S/C23H30FN3O5/c1-4-31-21(28)16-9-7-11-27(13-16)14-18-19(22(29)32-5-2)20(25-23(30)26(18)3)15-8-6-10-17(24)12-15/h6,8,10,12,16,20H,4-5,7,9,11,13-14H2,1-3H3,(H,25,30)/t16-,20+/m1/s1. The van der Waals surface area contributed by atoms with E-state index in [1.807, 2.05) is 4.90 Å². The Morgan fingerprint density at radius 1 is 1.22 bits per heavy atom. The second kappa shape index (κ2) is 10.6. The van der Waals surface area contributed by atoms with E-state index in [2.05, 4.69) is 5.32 Å². The van der Waals surface area contributed by atoms with Crippen molar-refractivity contribution in [2.75, 3.05) is 39.9 Å². The lowest BCUT2D eigenvalue weighted by Gasteiger charge is -2.38. The van der Waals surface area contributed by atoms with Crippen molar-refractivity contribution in [3.63, 3.8) is 0 Å². The highest BCUT2D eigenvalue weighted by atomic mass is 19.1. The second-order valence-corrected chi connectivity index (χ2v) is 7.90. The van der Waals surface area contributed by atoms with Gasteiger partial charge in [-0.2, -0.15) is 0 Å². The smallest absolute Gasteiger partial charge is 0.338 e. The largest absolute Gasteiger partial charge is 0.466 e. The second-order valence-electron chi connectivity index (χ2n) is 7.90. The quantitative estimate of drug-likeness (QED) is 0.647. The van der Waals surface area contributed by atoms with Crippen LogP contribution in [0.25, 0.3) is 0 Å². The Balaban J connectivity index is 1.97. The van der Waals surface area contributed by atoms with Crippen molar-refractivity contribution in [1.29, 1.82) is 0 Å². The van der Waals surface area contributed by atoms with Gasteiger partial charge in [0.15, 0.2) is 0 Å². The van der Waals surface area contributed by atoms with E-state index in [1.165, 1.54) is 23.1 Å². The zero-order chi connectivity index (χ0) is 23.3.